The molecule has 174 valence electrons. The lowest BCUT2D eigenvalue weighted by Crippen LogP contribution is -2.24. The number of aromatic nitrogens is 1. The Hall–Kier alpha value is -2.14. The second-order valence-corrected chi connectivity index (χ2v) is 10.6. The molecule has 1 aromatic heterocycles. The first-order chi connectivity index (χ1) is 15.4. The third-order valence-corrected chi connectivity index (χ3v) is 7.13. The first-order valence-electron chi connectivity index (χ1n) is 12.3. The predicted octanol–water partition coefficient (Wildman–Crippen LogP) is 6.20. The van der Waals surface area contributed by atoms with E-state index in [0.717, 1.165) is 34.5 Å². The minimum Gasteiger partial charge on any atom is -0.396 e. The number of hydrogen-bond donors (Lipinski definition) is 2. The summed E-state index contributed by atoms with van der Waals surface area (Å²) in [4.78, 5) is 12.9. The lowest BCUT2D eigenvalue weighted by molar-refractivity contribution is -0.116. The molecule has 0 spiro atoms. The molecule has 0 aliphatic heterocycles. The number of nitrogens with zero attached hydrogens (tertiary/aromatic N) is 1. The minimum absolute atomic E-state index is 0.0354. The van der Waals surface area contributed by atoms with Crippen LogP contribution < -0.4 is 5.32 Å². The van der Waals surface area contributed by atoms with Gasteiger partial charge in [0.25, 0.3) is 0 Å². The van der Waals surface area contributed by atoms with Gasteiger partial charge in [0.2, 0.25) is 5.91 Å². The summed E-state index contributed by atoms with van der Waals surface area (Å²) in [5, 5.41) is 17.3. The van der Waals surface area contributed by atoms with E-state index in [-0.39, 0.29) is 18.4 Å². The Morgan fingerprint density at radius 2 is 1.97 bits per heavy atom. The van der Waals surface area contributed by atoms with Crippen molar-refractivity contribution in [1.29, 1.82) is 0 Å². The molecule has 0 bridgehead atoms. The monoisotopic (exact) mass is 438 g/mol. The average Bonchev–Trinajstić information content (AvgIpc) is 3.45. The number of benzene rings is 1. The molecule has 4 rings (SSSR count). The number of carbonyl (C=O) groups excluding carboxylic acids is 1. The molecule has 1 unspecified atom stereocenters. The van der Waals surface area contributed by atoms with E-state index in [4.69, 9.17) is 4.52 Å². The van der Waals surface area contributed by atoms with Crippen molar-refractivity contribution >= 4 is 11.6 Å². The van der Waals surface area contributed by atoms with Gasteiger partial charge in [-0.05, 0) is 81.8 Å². The van der Waals surface area contributed by atoms with Crippen LogP contribution in [0.1, 0.15) is 105 Å². The zero-order chi connectivity index (χ0) is 22.8. The highest BCUT2D eigenvalue weighted by Gasteiger charge is 2.41. The molecule has 0 radical (unpaired) electrons. The van der Waals surface area contributed by atoms with E-state index in [9.17, 15) is 9.90 Å². The van der Waals surface area contributed by atoms with Crippen LogP contribution in [-0.4, -0.2) is 22.8 Å². The fourth-order valence-electron chi connectivity index (χ4n) is 5.37. The maximum absolute atomic E-state index is 12.9. The van der Waals surface area contributed by atoms with Gasteiger partial charge in [0.15, 0.2) is 0 Å². The third-order valence-electron chi connectivity index (χ3n) is 7.13. The lowest BCUT2D eigenvalue weighted by Gasteiger charge is -2.35. The van der Waals surface area contributed by atoms with E-state index in [0.29, 0.717) is 24.7 Å². The van der Waals surface area contributed by atoms with Crippen molar-refractivity contribution < 1.29 is 14.4 Å². The van der Waals surface area contributed by atoms with Gasteiger partial charge in [-0.25, -0.2) is 0 Å². The number of aliphatic hydroxyl groups is 1. The van der Waals surface area contributed by atoms with Crippen LogP contribution in [0.25, 0.3) is 0 Å². The van der Waals surface area contributed by atoms with Crippen molar-refractivity contribution in [3.63, 3.8) is 0 Å². The van der Waals surface area contributed by atoms with Crippen LogP contribution >= 0.6 is 0 Å². The Balaban J connectivity index is 1.48. The number of anilines is 1. The average molecular weight is 439 g/mol. The zero-order valence-electron chi connectivity index (χ0n) is 20.0. The molecule has 2 N–H and O–H groups in total. The van der Waals surface area contributed by atoms with Crippen molar-refractivity contribution in [1.82, 2.24) is 5.16 Å². The maximum atomic E-state index is 12.9. The normalized spacial score (nSPS) is 21.4. The van der Waals surface area contributed by atoms with Gasteiger partial charge in [0.05, 0.1) is 5.69 Å². The molecule has 1 heterocycles. The van der Waals surface area contributed by atoms with Gasteiger partial charge in [-0.3, -0.25) is 4.79 Å². The molecule has 1 amide bonds. The van der Waals surface area contributed by atoms with Crippen LogP contribution in [0.5, 0.6) is 0 Å². The van der Waals surface area contributed by atoms with Gasteiger partial charge < -0.3 is 14.9 Å². The molecular weight excluding hydrogens is 400 g/mol. The van der Waals surface area contributed by atoms with E-state index in [1.54, 1.807) is 0 Å². The van der Waals surface area contributed by atoms with Crippen LogP contribution in [-0.2, 0) is 4.79 Å². The number of nitrogens with one attached hydrogen (secondary N) is 1. The Morgan fingerprint density at radius 1 is 1.22 bits per heavy atom. The van der Waals surface area contributed by atoms with Crippen LogP contribution in [0.2, 0.25) is 0 Å². The Morgan fingerprint density at radius 3 is 2.59 bits per heavy atom. The molecular formula is C27H38N2O3. The highest BCUT2D eigenvalue weighted by Crippen LogP contribution is 2.52. The summed E-state index contributed by atoms with van der Waals surface area (Å²) in [6.07, 6.45) is 6.82. The molecule has 5 nitrogen and oxygen atoms in total. The third kappa shape index (κ3) is 5.25. The van der Waals surface area contributed by atoms with Crippen LogP contribution in [0, 0.1) is 25.7 Å². The summed E-state index contributed by atoms with van der Waals surface area (Å²) in [5.74, 6) is 3.41. The molecule has 1 aromatic carbocycles. The number of carbonyl (C=O) groups is 1. The zero-order valence-corrected chi connectivity index (χ0v) is 20.0. The fourth-order valence-corrected chi connectivity index (χ4v) is 5.37. The second-order valence-electron chi connectivity index (χ2n) is 10.6. The van der Waals surface area contributed by atoms with Gasteiger partial charge in [-0.1, -0.05) is 36.7 Å². The number of amides is 1. The van der Waals surface area contributed by atoms with Crippen molar-refractivity contribution in [3.8, 4) is 0 Å². The summed E-state index contributed by atoms with van der Waals surface area (Å²) in [7, 11) is 0. The van der Waals surface area contributed by atoms with Crippen molar-refractivity contribution in [2.75, 3.05) is 11.9 Å². The van der Waals surface area contributed by atoms with Gasteiger partial charge in [-0.2, -0.15) is 0 Å². The number of hydrogen-bond acceptors (Lipinski definition) is 4. The molecule has 2 aromatic rings. The predicted molar refractivity (Wildman–Crippen MR) is 127 cm³/mol. The Kier molecular flexibility index (Phi) is 7.04. The van der Waals surface area contributed by atoms with Crippen molar-refractivity contribution in [2.45, 2.75) is 90.4 Å². The van der Waals surface area contributed by atoms with Gasteiger partial charge in [0.1, 0.15) is 5.76 Å². The maximum Gasteiger partial charge on any atom is 0.225 e. The Labute approximate surface area is 192 Å². The largest absolute Gasteiger partial charge is 0.396 e. The fraction of sp³-hybridized carbons (Fsp3) is 0.630. The SMILES string of the molecule is Cc1ccc(NC(=O)CC(CCO)c2noc(C3CC(CC(C)C)C3)c2C2CC2)c(C)c1. The molecule has 2 saturated carbocycles. The van der Waals surface area contributed by atoms with Crippen molar-refractivity contribution in [3.05, 3.63) is 46.3 Å². The van der Waals surface area contributed by atoms with Crippen LogP contribution in [0.4, 0.5) is 5.69 Å². The highest BCUT2D eigenvalue weighted by molar-refractivity contribution is 5.92. The first kappa shape index (κ1) is 23.0. The van der Waals surface area contributed by atoms with Gasteiger partial charge >= 0.3 is 0 Å². The van der Waals surface area contributed by atoms with Gasteiger partial charge in [0, 0.05) is 36.1 Å². The minimum atomic E-state index is -0.120. The molecule has 2 aliphatic rings. The van der Waals surface area contributed by atoms with E-state index in [2.05, 4.69) is 30.4 Å². The second kappa shape index (κ2) is 9.78. The smallest absolute Gasteiger partial charge is 0.225 e. The summed E-state index contributed by atoms with van der Waals surface area (Å²) in [6, 6.07) is 6.03. The van der Waals surface area contributed by atoms with Crippen LogP contribution in [0.3, 0.4) is 0 Å². The van der Waals surface area contributed by atoms with E-state index in [1.165, 1.54) is 43.2 Å². The topological polar surface area (TPSA) is 75.4 Å². The summed E-state index contributed by atoms with van der Waals surface area (Å²) >= 11 is 0. The first-order valence-corrected chi connectivity index (χ1v) is 12.3. The molecule has 5 heteroatoms. The standard InChI is InChI=1S/C27H38N2O3/c1-16(2)11-19-13-22(14-19)27-25(20-6-7-20)26(29-32-27)21(9-10-30)15-24(31)28-23-8-5-17(3)12-18(23)4/h5,8,12,16,19-22,30H,6-7,9-11,13-15H2,1-4H3,(H,28,31). The van der Waals surface area contributed by atoms with Gasteiger partial charge in [-0.15, -0.1) is 0 Å². The molecule has 0 saturated heterocycles. The quantitative estimate of drug-likeness (QED) is 0.463. The summed E-state index contributed by atoms with van der Waals surface area (Å²) in [6.45, 7) is 8.67. The lowest BCUT2D eigenvalue weighted by atomic mass is 9.69. The molecule has 2 aliphatic carbocycles. The number of rotatable bonds is 10. The molecule has 2 fully saturated rings. The number of aryl methyl sites for hydroxylation is 2. The Bertz CT molecular complexity index is 938. The van der Waals surface area contributed by atoms with Crippen LogP contribution in [0.15, 0.2) is 22.7 Å². The number of aliphatic hydroxyl groups excluding tert-OH is 1. The highest BCUT2D eigenvalue weighted by atomic mass is 16.5. The summed E-state index contributed by atoms with van der Waals surface area (Å²) in [5.41, 5.74) is 5.25. The van der Waals surface area contributed by atoms with Crippen molar-refractivity contribution in [2.24, 2.45) is 11.8 Å². The molecule has 1 atom stereocenters. The van der Waals surface area contributed by atoms with E-state index in [1.807, 2.05) is 26.0 Å². The summed E-state index contributed by atoms with van der Waals surface area (Å²) < 4.78 is 5.95. The molecule has 32 heavy (non-hydrogen) atoms. The van der Waals surface area contributed by atoms with E-state index < -0.39 is 0 Å². The van der Waals surface area contributed by atoms with E-state index >= 15 is 0 Å².